The normalized spacial score (nSPS) is 15.4. The van der Waals surface area contributed by atoms with Gasteiger partial charge in [-0.2, -0.15) is 4.31 Å². The third kappa shape index (κ3) is 4.16. The number of ether oxygens (including phenoxy) is 1. The molecule has 1 saturated heterocycles. The second-order valence-electron chi connectivity index (χ2n) is 6.72. The van der Waals surface area contributed by atoms with E-state index < -0.39 is 10.0 Å². The number of pyridine rings is 1. The van der Waals surface area contributed by atoms with Gasteiger partial charge in [0.15, 0.2) is 0 Å². The Morgan fingerprint density at radius 1 is 1.10 bits per heavy atom. The average Bonchev–Trinajstić information content (AvgIpc) is 3.17. The Bertz CT molecular complexity index is 1100. The first kappa shape index (κ1) is 19.6. The number of benzene rings is 1. The lowest BCUT2D eigenvalue weighted by Gasteiger charge is -2.26. The van der Waals surface area contributed by atoms with Crippen LogP contribution in [0.3, 0.4) is 0 Å². The largest absolute Gasteiger partial charge is 0.379 e. The van der Waals surface area contributed by atoms with E-state index in [1.807, 2.05) is 28.8 Å². The van der Waals surface area contributed by atoms with Crippen molar-refractivity contribution in [1.82, 2.24) is 19.0 Å². The van der Waals surface area contributed by atoms with Crippen LogP contribution in [0.15, 0.2) is 59.8 Å². The first-order valence-corrected chi connectivity index (χ1v) is 10.9. The van der Waals surface area contributed by atoms with Crippen molar-refractivity contribution in [2.75, 3.05) is 32.8 Å². The van der Waals surface area contributed by atoms with Gasteiger partial charge >= 0.3 is 0 Å². The molecule has 29 heavy (non-hydrogen) atoms. The highest BCUT2D eigenvalue weighted by Gasteiger charge is 2.26. The van der Waals surface area contributed by atoms with E-state index in [2.05, 4.69) is 10.3 Å². The van der Waals surface area contributed by atoms with Crippen molar-refractivity contribution >= 4 is 21.4 Å². The summed E-state index contributed by atoms with van der Waals surface area (Å²) in [6.07, 6.45) is 4.32. The number of carbonyl (C=O) groups is 1. The SMILES string of the molecule is O=C(NCCc1ncc2ccccn12)c1ccc(S(=O)(=O)N2CCOCC2)cc1. The Balaban J connectivity index is 1.36. The van der Waals surface area contributed by atoms with E-state index in [1.165, 1.54) is 28.6 Å². The summed E-state index contributed by atoms with van der Waals surface area (Å²) in [5, 5.41) is 2.85. The van der Waals surface area contributed by atoms with Gasteiger partial charge < -0.3 is 14.5 Å². The molecule has 3 aromatic rings. The topological polar surface area (TPSA) is 93.0 Å². The van der Waals surface area contributed by atoms with Crippen molar-refractivity contribution in [3.63, 3.8) is 0 Å². The summed E-state index contributed by atoms with van der Waals surface area (Å²) in [5.41, 5.74) is 1.42. The molecule has 9 heteroatoms. The fraction of sp³-hybridized carbons (Fsp3) is 0.300. The molecule has 1 fully saturated rings. The van der Waals surface area contributed by atoms with Crippen molar-refractivity contribution in [1.29, 1.82) is 0 Å². The third-order valence-corrected chi connectivity index (χ3v) is 6.79. The summed E-state index contributed by atoms with van der Waals surface area (Å²) in [5.74, 6) is 0.619. The second-order valence-corrected chi connectivity index (χ2v) is 8.65. The zero-order valence-corrected chi connectivity index (χ0v) is 16.6. The molecule has 1 aliphatic heterocycles. The number of sulfonamides is 1. The van der Waals surface area contributed by atoms with Crippen molar-refractivity contribution in [2.45, 2.75) is 11.3 Å². The maximum Gasteiger partial charge on any atom is 0.251 e. The molecular weight excluding hydrogens is 392 g/mol. The number of amides is 1. The fourth-order valence-electron chi connectivity index (χ4n) is 3.29. The molecule has 2 aromatic heterocycles. The highest BCUT2D eigenvalue weighted by molar-refractivity contribution is 7.89. The predicted octanol–water partition coefficient (Wildman–Crippen LogP) is 1.33. The minimum Gasteiger partial charge on any atom is -0.379 e. The lowest BCUT2D eigenvalue weighted by Crippen LogP contribution is -2.40. The van der Waals surface area contributed by atoms with Crippen molar-refractivity contribution in [3.05, 3.63) is 66.2 Å². The monoisotopic (exact) mass is 414 g/mol. The molecule has 0 aliphatic carbocycles. The van der Waals surface area contributed by atoms with Gasteiger partial charge in [-0.1, -0.05) is 6.07 Å². The summed E-state index contributed by atoms with van der Waals surface area (Å²) < 4.78 is 33.9. The van der Waals surface area contributed by atoms with E-state index in [4.69, 9.17) is 4.74 Å². The van der Waals surface area contributed by atoms with E-state index in [-0.39, 0.29) is 10.8 Å². The molecule has 0 atom stereocenters. The van der Waals surface area contributed by atoms with E-state index in [0.717, 1.165) is 11.3 Å². The molecule has 8 nitrogen and oxygen atoms in total. The Hall–Kier alpha value is -2.75. The Morgan fingerprint density at radius 2 is 1.86 bits per heavy atom. The summed E-state index contributed by atoms with van der Waals surface area (Å²) in [4.78, 5) is 16.9. The molecule has 152 valence electrons. The molecule has 1 N–H and O–H groups in total. The van der Waals surface area contributed by atoms with Gasteiger partial charge in [0.1, 0.15) is 5.82 Å². The maximum atomic E-state index is 12.6. The number of hydrogen-bond acceptors (Lipinski definition) is 5. The highest BCUT2D eigenvalue weighted by atomic mass is 32.2. The number of nitrogens with one attached hydrogen (secondary N) is 1. The van der Waals surface area contributed by atoms with Gasteiger partial charge in [-0.3, -0.25) is 4.79 Å². The fourth-order valence-corrected chi connectivity index (χ4v) is 4.70. The Labute approximate surface area is 169 Å². The van der Waals surface area contributed by atoms with Crippen LogP contribution in [0.5, 0.6) is 0 Å². The number of rotatable bonds is 6. The molecule has 4 rings (SSSR count). The lowest BCUT2D eigenvalue weighted by molar-refractivity contribution is 0.0730. The van der Waals surface area contributed by atoms with Crippen LogP contribution in [0, 0.1) is 0 Å². The summed E-state index contributed by atoms with van der Waals surface area (Å²) >= 11 is 0. The molecule has 0 bridgehead atoms. The maximum absolute atomic E-state index is 12.6. The molecule has 0 radical (unpaired) electrons. The van der Waals surface area contributed by atoms with Crippen LogP contribution >= 0.6 is 0 Å². The molecule has 1 aliphatic rings. The molecule has 0 saturated carbocycles. The first-order chi connectivity index (χ1) is 14.1. The molecular formula is C20H22N4O4S. The number of nitrogens with zero attached hydrogens (tertiary/aromatic N) is 3. The van der Waals surface area contributed by atoms with Gasteiger partial charge in [-0.15, -0.1) is 0 Å². The highest BCUT2D eigenvalue weighted by Crippen LogP contribution is 2.17. The number of carbonyl (C=O) groups excluding carboxylic acids is 1. The minimum absolute atomic E-state index is 0.180. The van der Waals surface area contributed by atoms with Gasteiger partial charge in [0, 0.05) is 37.8 Å². The van der Waals surface area contributed by atoms with Crippen LogP contribution in [-0.4, -0.2) is 60.9 Å². The predicted molar refractivity (Wildman–Crippen MR) is 107 cm³/mol. The van der Waals surface area contributed by atoms with Gasteiger partial charge in [0.2, 0.25) is 10.0 Å². The first-order valence-electron chi connectivity index (χ1n) is 9.43. The van der Waals surface area contributed by atoms with Crippen LogP contribution in [0.1, 0.15) is 16.2 Å². The third-order valence-electron chi connectivity index (χ3n) is 4.87. The zero-order chi connectivity index (χ0) is 20.3. The van der Waals surface area contributed by atoms with E-state index in [9.17, 15) is 13.2 Å². The van der Waals surface area contributed by atoms with Crippen molar-refractivity contribution in [2.24, 2.45) is 0 Å². The number of fused-ring (bicyclic) bond motifs is 1. The van der Waals surface area contributed by atoms with Crippen LogP contribution in [-0.2, 0) is 21.2 Å². The van der Waals surface area contributed by atoms with Gasteiger partial charge in [0.25, 0.3) is 5.91 Å². The van der Waals surface area contributed by atoms with Crippen LogP contribution in [0.4, 0.5) is 0 Å². The number of imidazole rings is 1. The van der Waals surface area contributed by atoms with E-state index >= 15 is 0 Å². The van der Waals surface area contributed by atoms with Gasteiger partial charge in [0.05, 0.1) is 29.8 Å². The number of hydrogen-bond donors (Lipinski definition) is 1. The standard InChI is InChI=1S/C20H22N4O4S/c25-20(21-9-8-19-22-15-17-3-1-2-10-24(17)19)16-4-6-18(7-5-16)29(26,27)23-11-13-28-14-12-23/h1-7,10,15H,8-9,11-14H2,(H,21,25). The van der Waals surface area contributed by atoms with Crippen LogP contribution in [0.25, 0.3) is 5.52 Å². The van der Waals surface area contributed by atoms with Crippen molar-refractivity contribution in [3.8, 4) is 0 Å². The van der Waals surface area contributed by atoms with Crippen LogP contribution < -0.4 is 5.32 Å². The van der Waals surface area contributed by atoms with Crippen LogP contribution in [0.2, 0.25) is 0 Å². The van der Waals surface area contributed by atoms with E-state index in [1.54, 1.807) is 6.20 Å². The number of morpholine rings is 1. The second kappa shape index (κ2) is 8.32. The van der Waals surface area contributed by atoms with Crippen molar-refractivity contribution < 1.29 is 17.9 Å². The zero-order valence-electron chi connectivity index (χ0n) is 15.8. The molecule has 1 amide bonds. The molecule has 0 unspecified atom stereocenters. The Morgan fingerprint density at radius 3 is 2.62 bits per heavy atom. The quantitative estimate of drug-likeness (QED) is 0.657. The summed E-state index contributed by atoms with van der Waals surface area (Å²) in [6.45, 7) is 1.90. The lowest BCUT2D eigenvalue weighted by atomic mass is 10.2. The smallest absolute Gasteiger partial charge is 0.251 e. The minimum atomic E-state index is -3.56. The van der Waals surface area contributed by atoms with E-state index in [0.29, 0.717) is 44.8 Å². The van der Waals surface area contributed by atoms with Gasteiger partial charge in [-0.25, -0.2) is 13.4 Å². The molecule has 3 heterocycles. The van der Waals surface area contributed by atoms with Gasteiger partial charge in [-0.05, 0) is 36.4 Å². The molecule has 1 aromatic carbocycles. The summed E-state index contributed by atoms with van der Waals surface area (Å²) in [7, 11) is -3.56. The average molecular weight is 414 g/mol. The number of aromatic nitrogens is 2. The summed E-state index contributed by atoms with van der Waals surface area (Å²) in [6, 6.07) is 11.9. The molecule has 0 spiro atoms. The Kier molecular flexibility index (Phi) is 5.61.